The first kappa shape index (κ1) is 12.7. The lowest BCUT2D eigenvalue weighted by molar-refractivity contribution is -0.384. The maximum atomic E-state index is 10.7. The number of carbonyl (C=O) groups is 1. The van der Waals surface area contributed by atoms with Crippen LogP contribution in [0.4, 0.5) is 17.3 Å². The molecule has 92 valence electrons. The largest absolute Gasteiger partial charge is 0.370 e. The molecule has 8 nitrogen and oxygen atoms in total. The monoisotopic (exact) mass is 239 g/mol. The van der Waals surface area contributed by atoms with Crippen molar-refractivity contribution in [3.63, 3.8) is 0 Å². The van der Waals surface area contributed by atoms with E-state index in [1.54, 1.807) is 0 Å². The van der Waals surface area contributed by atoms with Crippen LogP contribution in [0.15, 0.2) is 12.1 Å². The molecule has 0 aromatic carbocycles. The Balaban J connectivity index is 2.98. The van der Waals surface area contributed by atoms with Crippen molar-refractivity contribution in [2.24, 2.45) is 5.73 Å². The Labute approximate surface area is 97.4 Å². The summed E-state index contributed by atoms with van der Waals surface area (Å²) in [4.78, 5) is 24.7. The van der Waals surface area contributed by atoms with Crippen LogP contribution in [0.25, 0.3) is 0 Å². The number of aromatic nitrogens is 1. The number of nitrogens with one attached hydrogen (secondary N) is 2. The van der Waals surface area contributed by atoms with E-state index in [0.29, 0.717) is 12.4 Å². The van der Waals surface area contributed by atoms with Crippen LogP contribution in [-0.2, 0) is 4.79 Å². The molecule has 1 rings (SSSR count). The summed E-state index contributed by atoms with van der Waals surface area (Å²) >= 11 is 0. The van der Waals surface area contributed by atoms with Gasteiger partial charge in [-0.2, -0.15) is 0 Å². The van der Waals surface area contributed by atoms with E-state index in [4.69, 9.17) is 5.73 Å². The van der Waals surface area contributed by atoms with Crippen molar-refractivity contribution < 1.29 is 9.72 Å². The molecule has 0 aliphatic heterocycles. The highest BCUT2D eigenvalue weighted by molar-refractivity contribution is 5.79. The average Bonchev–Trinajstić information content (AvgIpc) is 2.26. The van der Waals surface area contributed by atoms with Gasteiger partial charge in [-0.3, -0.25) is 14.9 Å². The van der Waals surface area contributed by atoms with Gasteiger partial charge in [0.2, 0.25) is 11.7 Å². The number of hydrogen-bond acceptors (Lipinski definition) is 6. The van der Waals surface area contributed by atoms with Crippen molar-refractivity contribution in [3.05, 3.63) is 22.2 Å². The van der Waals surface area contributed by atoms with Crippen molar-refractivity contribution in [2.45, 2.75) is 6.92 Å². The van der Waals surface area contributed by atoms with Gasteiger partial charge in [0.05, 0.1) is 11.5 Å². The van der Waals surface area contributed by atoms with Crippen LogP contribution in [0.1, 0.15) is 6.92 Å². The molecule has 0 spiro atoms. The minimum Gasteiger partial charge on any atom is -0.370 e. The summed E-state index contributed by atoms with van der Waals surface area (Å²) in [7, 11) is 0. The number of amides is 1. The highest BCUT2D eigenvalue weighted by atomic mass is 16.6. The molecule has 0 radical (unpaired) electrons. The summed E-state index contributed by atoms with van der Waals surface area (Å²) in [6.45, 7) is 2.31. The molecule has 8 heteroatoms. The molecule has 0 unspecified atom stereocenters. The molecule has 0 saturated carbocycles. The molecular formula is C9H13N5O3. The van der Waals surface area contributed by atoms with Gasteiger partial charge in [-0.25, -0.2) is 4.98 Å². The van der Waals surface area contributed by atoms with Gasteiger partial charge in [-0.05, 0) is 13.0 Å². The fourth-order valence-electron chi connectivity index (χ4n) is 1.18. The van der Waals surface area contributed by atoms with E-state index >= 15 is 0 Å². The maximum absolute atomic E-state index is 10.7. The van der Waals surface area contributed by atoms with Crippen LogP contribution in [0.5, 0.6) is 0 Å². The second kappa shape index (κ2) is 5.64. The minimum absolute atomic E-state index is 0.0206. The lowest BCUT2D eigenvalue weighted by Gasteiger charge is -2.07. The van der Waals surface area contributed by atoms with E-state index in [0.717, 1.165) is 0 Å². The van der Waals surface area contributed by atoms with E-state index in [1.165, 1.54) is 12.1 Å². The quantitative estimate of drug-likeness (QED) is 0.485. The average molecular weight is 239 g/mol. The topological polar surface area (TPSA) is 123 Å². The second-order valence-corrected chi connectivity index (χ2v) is 3.17. The molecular weight excluding hydrogens is 226 g/mol. The second-order valence-electron chi connectivity index (χ2n) is 3.17. The van der Waals surface area contributed by atoms with Gasteiger partial charge in [-0.15, -0.1) is 0 Å². The Kier molecular flexibility index (Phi) is 4.21. The number of pyridine rings is 1. The van der Waals surface area contributed by atoms with Crippen molar-refractivity contribution in [2.75, 3.05) is 23.7 Å². The molecule has 0 bridgehead atoms. The molecule has 0 saturated heterocycles. The van der Waals surface area contributed by atoms with Gasteiger partial charge in [0.1, 0.15) is 5.82 Å². The van der Waals surface area contributed by atoms with Crippen LogP contribution < -0.4 is 16.4 Å². The van der Waals surface area contributed by atoms with E-state index in [9.17, 15) is 14.9 Å². The van der Waals surface area contributed by atoms with E-state index in [1.807, 2.05) is 6.92 Å². The summed E-state index contributed by atoms with van der Waals surface area (Å²) in [6.07, 6.45) is 0. The highest BCUT2D eigenvalue weighted by Gasteiger charge is 2.15. The zero-order chi connectivity index (χ0) is 12.8. The molecule has 1 aromatic rings. The molecule has 17 heavy (non-hydrogen) atoms. The van der Waals surface area contributed by atoms with Gasteiger partial charge in [0.25, 0.3) is 0 Å². The summed E-state index contributed by atoms with van der Waals surface area (Å²) in [5.74, 6) is -0.104. The number of nitro groups is 1. The fraction of sp³-hybridized carbons (Fsp3) is 0.333. The van der Waals surface area contributed by atoms with Gasteiger partial charge in [0.15, 0.2) is 0 Å². The standard InChI is InChI=1S/C9H13N5O3/c1-2-11-8-4-3-6(14(16)17)9(13-8)12-5-7(10)15/h3-4H,2,5H2,1H3,(H2,10,15)(H2,11,12,13). The zero-order valence-electron chi connectivity index (χ0n) is 9.27. The predicted molar refractivity (Wildman–Crippen MR) is 62.7 cm³/mol. The van der Waals surface area contributed by atoms with E-state index in [-0.39, 0.29) is 18.1 Å². The molecule has 0 aliphatic carbocycles. The van der Waals surface area contributed by atoms with Gasteiger partial charge >= 0.3 is 5.69 Å². The maximum Gasteiger partial charge on any atom is 0.311 e. The van der Waals surface area contributed by atoms with Crippen LogP contribution >= 0.6 is 0 Å². The molecule has 0 fully saturated rings. The van der Waals surface area contributed by atoms with E-state index < -0.39 is 10.8 Å². The Bertz CT molecular complexity index is 435. The third-order valence-electron chi connectivity index (χ3n) is 1.86. The first-order valence-corrected chi connectivity index (χ1v) is 4.96. The third-order valence-corrected chi connectivity index (χ3v) is 1.86. The van der Waals surface area contributed by atoms with Crippen LogP contribution in [0, 0.1) is 10.1 Å². The molecule has 4 N–H and O–H groups in total. The number of nitrogens with zero attached hydrogens (tertiary/aromatic N) is 2. The van der Waals surface area contributed by atoms with Gasteiger partial charge < -0.3 is 16.4 Å². The smallest absolute Gasteiger partial charge is 0.311 e. The minimum atomic E-state index is -0.616. The normalized spacial score (nSPS) is 9.71. The summed E-state index contributed by atoms with van der Waals surface area (Å²) in [6, 6.07) is 2.81. The Morgan fingerprint density at radius 1 is 1.53 bits per heavy atom. The zero-order valence-corrected chi connectivity index (χ0v) is 9.27. The fourth-order valence-corrected chi connectivity index (χ4v) is 1.18. The lowest BCUT2D eigenvalue weighted by atomic mass is 10.3. The summed E-state index contributed by atoms with van der Waals surface area (Å²) in [5, 5.41) is 16.2. The van der Waals surface area contributed by atoms with Crippen molar-refractivity contribution >= 4 is 23.2 Å². The number of hydrogen-bond donors (Lipinski definition) is 3. The molecule has 1 aromatic heterocycles. The van der Waals surface area contributed by atoms with Gasteiger partial charge in [0, 0.05) is 12.6 Å². The SMILES string of the molecule is CCNc1ccc([N+](=O)[O-])c(NCC(N)=O)n1. The first-order valence-electron chi connectivity index (χ1n) is 4.96. The summed E-state index contributed by atoms with van der Waals surface area (Å²) in [5.41, 5.74) is 4.75. The molecule has 1 heterocycles. The predicted octanol–water partition coefficient (Wildman–Crippen LogP) is 0.319. The van der Waals surface area contributed by atoms with Crippen LogP contribution in [-0.4, -0.2) is 28.9 Å². The lowest BCUT2D eigenvalue weighted by Crippen LogP contribution is -2.22. The Morgan fingerprint density at radius 2 is 2.24 bits per heavy atom. The Morgan fingerprint density at radius 3 is 2.76 bits per heavy atom. The number of primary amides is 1. The van der Waals surface area contributed by atoms with E-state index in [2.05, 4.69) is 15.6 Å². The number of anilines is 2. The Hall–Kier alpha value is -2.38. The van der Waals surface area contributed by atoms with Crippen molar-refractivity contribution in [3.8, 4) is 0 Å². The highest BCUT2D eigenvalue weighted by Crippen LogP contribution is 2.23. The molecule has 0 atom stereocenters. The van der Waals surface area contributed by atoms with Gasteiger partial charge in [-0.1, -0.05) is 0 Å². The molecule has 1 amide bonds. The number of carbonyl (C=O) groups excluding carboxylic acids is 1. The summed E-state index contributed by atoms with van der Waals surface area (Å²) < 4.78 is 0. The number of nitrogens with two attached hydrogens (primary N) is 1. The molecule has 0 aliphatic rings. The number of rotatable bonds is 6. The van der Waals surface area contributed by atoms with Crippen molar-refractivity contribution in [1.82, 2.24) is 4.98 Å². The van der Waals surface area contributed by atoms with Crippen LogP contribution in [0.2, 0.25) is 0 Å². The van der Waals surface area contributed by atoms with Crippen LogP contribution in [0.3, 0.4) is 0 Å². The third kappa shape index (κ3) is 3.59. The first-order chi connectivity index (χ1) is 8.04. The van der Waals surface area contributed by atoms with Crippen molar-refractivity contribution in [1.29, 1.82) is 0 Å².